The highest BCUT2D eigenvalue weighted by atomic mass is 35.5. The topological polar surface area (TPSA) is 32.3 Å². The third-order valence-electron chi connectivity index (χ3n) is 4.17. The number of halogens is 1. The zero-order valence-corrected chi connectivity index (χ0v) is 12.9. The quantitative estimate of drug-likeness (QED) is 0.756. The van der Waals surface area contributed by atoms with Crippen molar-refractivity contribution in [2.45, 2.75) is 19.4 Å². The van der Waals surface area contributed by atoms with Crippen LogP contribution >= 0.6 is 11.6 Å². The zero-order chi connectivity index (χ0) is 14.3. The predicted molar refractivity (Wildman–Crippen MR) is 83.5 cm³/mol. The molecule has 1 aromatic heterocycles. The van der Waals surface area contributed by atoms with E-state index in [-0.39, 0.29) is 5.54 Å². The lowest BCUT2D eigenvalue weighted by molar-refractivity contribution is 0.138. The highest BCUT2D eigenvalue weighted by molar-refractivity contribution is 6.28. The molecule has 1 aliphatic heterocycles. The maximum atomic E-state index is 6.08. The minimum Gasteiger partial charge on any atom is -0.353 e. The first-order valence-electron chi connectivity index (χ1n) is 6.86. The molecule has 1 aliphatic rings. The molecular formula is C15H19ClN4. The first kappa shape index (κ1) is 13.6. The minimum atomic E-state index is 0.122. The van der Waals surface area contributed by atoms with Gasteiger partial charge in [-0.05, 0) is 44.6 Å². The standard InChI is InChI=1S/C15H19ClN4/c1-15(2)10-20(9-8-19(15)3)13-11-6-4-5-7-12(11)17-14(16)18-13/h4-7H,8-10H2,1-3H3. The molecule has 2 heterocycles. The van der Waals surface area contributed by atoms with E-state index in [4.69, 9.17) is 11.6 Å². The van der Waals surface area contributed by atoms with E-state index in [1.807, 2.05) is 18.2 Å². The van der Waals surface area contributed by atoms with Crippen molar-refractivity contribution in [1.82, 2.24) is 14.9 Å². The number of aromatic nitrogens is 2. The van der Waals surface area contributed by atoms with Gasteiger partial charge in [0.2, 0.25) is 5.28 Å². The molecule has 106 valence electrons. The van der Waals surface area contributed by atoms with Gasteiger partial charge >= 0.3 is 0 Å². The summed E-state index contributed by atoms with van der Waals surface area (Å²) in [4.78, 5) is 13.5. The van der Waals surface area contributed by atoms with E-state index in [1.165, 1.54) is 0 Å². The van der Waals surface area contributed by atoms with Gasteiger partial charge in [-0.15, -0.1) is 0 Å². The van der Waals surface area contributed by atoms with Gasteiger partial charge in [0.1, 0.15) is 5.82 Å². The average Bonchev–Trinajstić information content (AvgIpc) is 2.41. The molecule has 5 heteroatoms. The van der Waals surface area contributed by atoms with E-state index >= 15 is 0 Å². The number of anilines is 1. The number of nitrogens with zero attached hydrogens (tertiary/aromatic N) is 4. The van der Waals surface area contributed by atoms with Crippen LogP contribution in [0.3, 0.4) is 0 Å². The largest absolute Gasteiger partial charge is 0.353 e. The van der Waals surface area contributed by atoms with Crippen LogP contribution in [-0.4, -0.2) is 47.1 Å². The van der Waals surface area contributed by atoms with Crippen LogP contribution in [0.2, 0.25) is 5.28 Å². The van der Waals surface area contributed by atoms with E-state index in [0.29, 0.717) is 5.28 Å². The van der Waals surface area contributed by atoms with Gasteiger partial charge in [0.15, 0.2) is 0 Å². The first-order chi connectivity index (χ1) is 9.47. The predicted octanol–water partition coefficient (Wildman–Crippen LogP) is 2.81. The smallest absolute Gasteiger partial charge is 0.224 e. The van der Waals surface area contributed by atoms with Crippen molar-refractivity contribution >= 4 is 28.3 Å². The Labute approximate surface area is 124 Å². The highest BCUT2D eigenvalue weighted by Gasteiger charge is 2.32. The third-order valence-corrected chi connectivity index (χ3v) is 4.34. The van der Waals surface area contributed by atoms with Gasteiger partial charge in [-0.2, -0.15) is 4.98 Å². The molecule has 0 saturated carbocycles. The van der Waals surface area contributed by atoms with Crippen molar-refractivity contribution in [1.29, 1.82) is 0 Å². The Hall–Kier alpha value is -1.39. The Balaban J connectivity index is 2.06. The fourth-order valence-corrected chi connectivity index (χ4v) is 2.87. The number of piperazine rings is 1. The van der Waals surface area contributed by atoms with Gasteiger partial charge in [0.05, 0.1) is 5.52 Å². The van der Waals surface area contributed by atoms with Crippen molar-refractivity contribution in [3.8, 4) is 0 Å². The number of rotatable bonds is 1. The van der Waals surface area contributed by atoms with E-state index in [1.54, 1.807) is 0 Å². The molecule has 1 saturated heterocycles. The lowest BCUT2D eigenvalue weighted by Crippen LogP contribution is -2.58. The SMILES string of the molecule is CN1CCN(c2nc(Cl)nc3ccccc23)CC1(C)C. The Morgan fingerprint density at radius 3 is 2.65 bits per heavy atom. The average molecular weight is 291 g/mol. The van der Waals surface area contributed by atoms with Crippen molar-refractivity contribution in [3.05, 3.63) is 29.5 Å². The summed E-state index contributed by atoms with van der Waals surface area (Å²) in [6.45, 7) is 7.41. The van der Waals surface area contributed by atoms with Crippen LogP contribution in [-0.2, 0) is 0 Å². The van der Waals surface area contributed by atoms with Crippen molar-refractivity contribution in [2.75, 3.05) is 31.6 Å². The number of hydrogen-bond donors (Lipinski definition) is 0. The van der Waals surface area contributed by atoms with Gasteiger partial charge in [0.25, 0.3) is 0 Å². The summed E-state index contributed by atoms with van der Waals surface area (Å²) in [6.07, 6.45) is 0. The molecule has 20 heavy (non-hydrogen) atoms. The fraction of sp³-hybridized carbons (Fsp3) is 0.467. The van der Waals surface area contributed by atoms with Crippen LogP contribution < -0.4 is 4.90 Å². The Morgan fingerprint density at radius 2 is 1.90 bits per heavy atom. The van der Waals surface area contributed by atoms with Gasteiger partial charge < -0.3 is 4.90 Å². The van der Waals surface area contributed by atoms with Gasteiger partial charge in [-0.25, -0.2) is 4.98 Å². The molecule has 0 N–H and O–H groups in total. The molecule has 4 nitrogen and oxygen atoms in total. The zero-order valence-electron chi connectivity index (χ0n) is 12.1. The number of likely N-dealkylation sites (N-methyl/N-ethyl adjacent to an activating group) is 1. The molecule has 0 unspecified atom stereocenters. The monoisotopic (exact) mass is 290 g/mol. The van der Waals surface area contributed by atoms with Crippen LogP contribution in [0.4, 0.5) is 5.82 Å². The van der Waals surface area contributed by atoms with E-state index < -0.39 is 0 Å². The second-order valence-electron chi connectivity index (χ2n) is 5.99. The van der Waals surface area contributed by atoms with Crippen LogP contribution in [0.5, 0.6) is 0 Å². The van der Waals surface area contributed by atoms with E-state index in [9.17, 15) is 0 Å². The van der Waals surface area contributed by atoms with E-state index in [2.05, 4.69) is 46.7 Å². The second-order valence-corrected chi connectivity index (χ2v) is 6.33. The van der Waals surface area contributed by atoms with Crippen LogP contribution in [0.15, 0.2) is 24.3 Å². The summed E-state index contributed by atoms with van der Waals surface area (Å²) in [5, 5.41) is 1.38. The number of hydrogen-bond acceptors (Lipinski definition) is 4. The summed E-state index contributed by atoms with van der Waals surface area (Å²) >= 11 is 6.08. The lowest BCUT2D eigenvalue weighted by atomic mass is 9.99. The van der Waals surface area contributed by atoms with Gasteiger partial charge in [-0.1, -0.05) is 12.1 Å². The number of para-hydroxylation sites is 1. The van der Waals surface area contributed by atoms with Crippen molar-refractivity contribution in [3.63, 3.8) is 0 Å². The summed E-state index contributed by atoms with van der Waals surface area (Å²) in [7, 11) is 2.17. The summed E-state index contributed by atoms with van der Waals surface area (Å²) in [5.74, 6) is 0.946. The summed E-state index contributed by atoms with van der Waals surface area (Å²) in [6, 6.07) is 8.04. The molecule has 1 fully saturated rings. The molecule has 0 aliphatic carbocycles. The van der Waals surface area contributed by atoms with Crippen LogP contribution in [0.1, 0.15) is 13.8 Å². The molecule has 0 spiro atoms. The lowest BCUT2D eigenvalue weighted by Gasteiger charge is -2.46. The molecule has 1 aromatic carbocycles. The van der Waals surface area contributed by atoms with Gasteiger partial charge in [0, 0.05) is 30.6 Å². The molecular weight excluding hydrogens is 272 g/mol. The Kier molecular flexibility index (Phi) is 3.30. The molecule has 0 radical (unpaired) electrons. The molecule has 0 amide bonds. The van der Waals surface area contributed by atoms with Crippen molar-refractivity contribution < 1.29 is 0 Å². The second kappa shape index (κ2) is 4.86. The molecule has 0 bridgehead atoms. The highest BCUT2D eigenvalue weighted by Crippen LogP contribution is 2.29. The molecule has 3 rings (SSSR count). The molecule has 0 atom stereocenters. The normalized spacial score (nSPS) is 19.5. The van der Waals surface area contributed by atoms with E-state index in [0.717, 1.165) is 36.4 Å². The molecule has 2 aromatic rings. The Bertz CT molecular complexity index is 641. The Morgan fingerprint density at radius 1 is 1.15 bits per heavy atom. The van der Waals surface area contributed by atoms with Crippen LogP contribution in [0.25, 0.3) is 10.9 Å². The van der Waals surface area contributed by atoms with Crippen LogP contribution in [0, 0.1) is 0 Å². The summed E-state index contributed by atoms with van der Waals surface area (Å²) in [5.41, 5.74) is 1.02. The fourth-order valence-electron chi connectivity index (χ4n) is 2.69. The maximum absolute atomic E-state index is 6.08. The first-order valence-corrected chi connectivity index (χ1v) is 7.24. The summed E-state index contributed by atoms with van der Waals surface area (Å²) < 4.78 is 0. The van der Waals surface area contributed by atoms with Gasteiger partial charge in [-0.3, -0.25) is 4.90 Å². The number of fused-ring (bicyclic) bond motifs is 1. The van der Waals surface area contributed by atoms with Crippen molar-refractivity contribution in [2.24, 2.45) is 0 Å². The number of benzene rings is 1. The third kappa shape index (κ3) is 2.34. The maximum Gasteiger partial charge on any atom is 0.224 e. The minimum absolute atomic E-state index is 0.122.